The molecule has 0 aliphatic rings. The molecule has 1 rings (SSSR count). The third-order valence-corrected chi connectivity index (χ3v) is 1.81. The van der Waals surface area contributed by atoms with E-state index in [4.69, 9.17) is 10.3 Å². The van der Waals surface area contributed by atoms with Crippen molar-refractivity contribution in [3.63, 3.8) is 0 Å². The van der Waals surface area contributed by atoms with Gasteiger partial charge in [-0.3, -0.25) is 4.55 Å². The normalized spacial score (nSPS) is 9.71. The molecule has 7 nitrogen and oxygen atoms in total. The van der Waals surface area contributed by atoms with Crippen molar-refractivity contribution in [2.24, 2.45) is 0 Å². The average Bonchev–Trinajstić information content (AvgIpc) is 2.05. The zero-order valence-corrected chi connectivity index (χ0v) is 16.3. The number of rotatable bonds is 3. The van der Waals surface area contributed by atoms with Crippen LogP contribution in [0.4, 0.5) is 5.69 Å². The number of carboxylic acids is 1. The van der Waals surface area contributed by atoms with Crippen molar-refractivity contribution in [2.45, 2.75) is 0 Å². The molecule has 17 heavy (non-hydrogen) atoms. The summed E-state index contributed by atoms with van der Waals surface area (Å²) >= 11 is 0. The summed E-state index contributed by atoms with van der Waals surface area (Å²) in [4.78, 5) is 10.5. The largest absolute Gasteiger partial charge is 1.00 e. The second kappa shape index (κ2) is 8.61. The Morgan fingerprint density at radius 2 is 1.88 bits per heavy atom. The number of hydrogen-bond donors (Lipinski definition) is 2. The molecule has 3 N–H and O–H groups in total. The topological polar surface area (TPSA) is 130 Å². The summed E-state index contributed by atoms with van der Waals surface area (Å²) in [5, 5.41) is 10.5. The van der Waals surface area contributed by atoms with E-state index in [9.17, 15) is 18.3 Å². The molecular formula is C7H6K2NO6S+. The molecule has 0 aliphatic heterocycles. The molecule has 0 aromatic heterocycles. The van der Waals surface area contributed by atoms with Crippen LogP contribution in [0.2, 0.25) is 0 Å². The maximum absolute atomic E-state index is 10.5. The molecule has 0 saturated heterocycles. The number of anilines is 1. The Bertz CT molecular complexity index is 503. The number of carbonyl (C=O) groups excluding carboxylic acids is 1. The first-order valence-corrected chi connectivity index (χ1v) is 4.94. The van der Waals surface area contributed by atoms with E-state index in [0.29, 0.717) is 0 Å². The van der Waals surface area contributed by atoms with E-state index in [-0.39, 0.29) is 108 Å². The number of hydrogen-bond acceptors (Lipinski definition) is 6. The van der Waals surface area contributed by atoms with E-state index < -0.39 is 27.7 Å². The Hall–Kier alpha value is 1.47. The standard InChI is InChI=1S/C7H7NO6S.2K/c8-4-1-2-6(14-15(11,12)13)5(3-4)7(9)10;;/h1-3H,8H2,(H,9,10)(H,11,12,13);;/q;2*+1/p-1. The van der Waals surface area contributed by atoms with Crippen LogP contribution in [0.25, 0.3) is 0 Å². The Morgan fingerprint density at radius 1 is 1.35 bits per heavy atom. The van der Waals surface area contributed by atoms with Gasteiger partial charge < -0.3 is 19.8 Å². The van der Waals surface area contributed by atoms with Crippen LogP contribution in [0, 0.1) is 0 Å². The summed E-state index contributed by atoms with van der Waals surface area (Å²) in [6.45, 7) is 0. The second-order valence-electron chi connectivity index (χ2n) is 2.55. The molecule has 0 aliphatic carbocycles. The van der Waals surface area contributed by atoms with Gasteiger partial charge in [0, 0.05) is 11.3 Å². The maximum atomic E-state index is 10.5. The zero-order chi connectivity index (χ0) is 11.6. The average molecular weight is 310 g/mol. The summed E-state index contributed by atoms with van der Waals surface area (Å²) < 4.78 is 33.1. The number of nitrogen functional groups attached to an aromatic ring is 1. The minimum absolute atomic E-state index is 0. The van der Waals surface area contributed by atoms with Crippen LogP contribution in [0.1, 0.15) is 10.4 Å². The van der Waals surface area contributed by atoms with Crippen LogP contribution in [0.5, 0.6) is 5.75 Å². The predicted octanol–water partition coefficient (Wildman–Crippen LogP) is -7.18. The van der Waals surface area contributed by atoms with Crippen molar-refractivity contribution >= 4 is 22.1 Å². The fraction of sp³-hybridized carbons (Fsp3) is 0. The van der Waals surface area contributed by atoms with Gasteiger partial charge in [0.15, 0.2) is 5.75 Å². The number of nitrogens with two attached hydrogens (primary N) is 1. The van der Waals surface area contributed by atoms with E-state index in [2.05, 4.69) is 4.18 Å². The molecule has 0 saturated carbocycles. The molecule has 0 amide bonds. The van der Waals surface area contributed by atoms with Gasteiger partial charge in [-0.1, -0.05) is 0 Å². The smallest absolute Gasteiger partial charge is 0.545 e. The molecule has 0 heterocycles. The number of carboxylic acid groups (broad SMARTS) is 1. The van der Waals surface area contributed by atoms with E-state index in [0.717, 1.165) is 12.1 Å². The van der Waals surface area contributed by atoms with Gasteiger partial charge in [0.1, 0.15) is 0 Å². The number of benzene rings is 1. The summed E-state index contributed by atoms with van der Waals surface area (Å²) in [6.07, 6.45) is 0. The molecule has 0 atom stereocenters. The number of carbonyl (C=O) groups is 1. The SMILES string of the molecule is Nc1ccc(OS(=O)(=O)O)c(C(=O)[O-])c1.[K+].[K+]. The van der Waals surface area contributed by atoms with Crippen molar-refractivity contribution in [1.82, 2.24) is 0 Å². The summed E-state index contributed by atoms with van der Waals surface area (Å²) in [6, 6.07) is 3.16. The fourth-order valence-electron chi connectivity index (χ4n) is 0.893. The van der Waals surface area contributed by atoms with Gasteiger partial charge in [-0.25, -0.2) is 0 Å². The molecule has 0 spiro atoms. The second-order valence-corrected chi connectivity index (χ2v) is 3.58. The van der Waals surface area contributed by atoms with E-state index >= 15 is 0 Å². The van der Waals surface area contributed by atoms with Gasteiger partial charge in [-0.15, -0.1) is 0 Å². The zero-order valence-electron chi connectivity index (χ0n) is 9.21. The summed E-state index contributed by atoms with van der Waals surface area (Å²) in [7, 11) is -4.78. The maximum Gasteiger partial charge on any atom is 1.00 e. The van der Waals surface area contributed by atoms with Crippen molar-refractivity contribution in [1.29, 1.82) is 0 Å². The van der Waals surface area contributed by atoms with Crippen LogP contribution in [0.3, 0.4) is 0 Å². The fourth-order valence-corrected chi connectivity index (χ4v) is 1.27. The molecule has 0 radical (unpaired) electrons. The van der Waals surface area contributed by atoms with Crippen molar-refractivity contribution in [2.75, 3.05) is 5.73 Å². The summed E-state index contributed by atoms with van der Waals surface area (Å²) in [5.41, 5.74) is 4.80. The minimum atomic E-state index is -4.78. The Labute approximate surface area is 183 Å². The van der Waals surface area contributed by atoms with Crippen molar-refractivity contribution < 1.29 is 130 Å². The predicted molar refractivity (Wildman–Crippen MR) is 47.4 cm³/mol. The third-order valence-electron chi connectivity index (χ3n) is 1.42. The molecule has 10 heteroatoms. The van der Waals surface area contributed by atoms with Crippen molar-refractivity contribution in [3.05, 3.63) is 23.8 Å². The van der Waals surface area contributed by atoms with Gasteiger partial charge in [-0.05, 0) is 18.2 Å². The first-order valence-electron chi connectivity index (χ1n) is 3.57. The van der Waals surface area contributed by atoms with Gasteiger partial charge in [0.2, 0.25) is 0 Å². The van der Waals surface area contributed by atoms with Crippen molar-refractivity contribution in [3.8, 4) is 5.75 Å². The monoisotopic (exact) mass is 310 g/mol. The van der Waals surface area contributed by atoms with Crippen LogP contribution < -0.4 is 118 Å². The van der Waals surface area contributed by atoms with Crippen LogP contribution in [0.15, 0.2) is 18.2 Å². The van der Waals surface area contributed by atoms with Crippen LogP contribution >= 0.6 is 0 Å². The first-order chi connectivity index (χ1) is 6.79. The Morgan fingerprint density at radius 3 is 2.29 bits per heavy atom. The quantitative estimate of drug-likeness (QED) is 0.322. The Kier molecular flexibility index (Phi) is 10.5. The third kappa shape index (κ3) is 7.59. The van der Waals surface area contributed by atoms with Gasteiger partial charge >= 0.3 is 113 Å². The van der Waals surface area contributed by atoms with Gasteiger partial charge in [0.05, 0.1) is 5.97 Å². The molecule has 0 fully saturated rings. The molecule has 0 unspecified atom stereocenters. The molecule has 1 aromatic rings. The van der Waals surface area contributed by atoms with E-state index in [1.807, 2.05) is 0 Å². The Balaban J connectivity index is 0. The summed E-state index contributed by atoms with van der Waals surface area (Å²) in [5.74, 6) is -2.23. The van der Waals surface area contributed by atoms with Crippen LogP contribution in [-0.4, -0.2) is 18.9 Å². The van der Waals surface area contributed by atoms with Crippen LogP contribution in [-0.2, 0) is 10.4 Å². The molecule has 1 aromatic carbocycles. The molecule has 82 valence electrons. The first kappa shape index (κ1) is 20.8. The minimum Gasteiger partial charge on any atom is -0.545 e. The van der Waals surface area contributed by atoms with E-state index in [1.165, 1.54) is 6.07 Å². The van der Waals surface area contributed by atoms with Gasteiger partial charge in [0.25, 0.3) is 0 Å². The molecule has 0 bridgehead atoms. The van der Waals surface area contributed by atoms with Gasteiger partial charge in [-0.2, -0.15) is 8.42 Å². The molecular weight excluding hydrogens is 304 g/mol. The number of aromatic carboxylic acids is 1. The van der Waals surface area contributed by atoms with E-state index in [1.54, 1.807) is 0 Å².